The van der Waals surface area contributed by atoms with Crippen LogP contribution in [0.5, 0.6) is 0 Å². The van der Waals surface area contributed by atoms with E-state index in [-0.39, 0.29) is 24.4 Å². The van der Waals surface area contributed by atoms with Crippen LogP contribution in [0, 0.1) is 11.8 Å². The van der Waals surface area contributed by atoms with Crippen LogP contribution in [0.3, 0.4) is 0 Å². The average Bonchev–Trinajstić information content (AvgIpc) is 3.07. The molecule has 0 spiro atoms. The van der Waals surface area contributed by atoms with Gasteiger partial charge in [0.25, 0.3) is 0 Å². The number of ether oxygens (including phenoxy) is 2. The van der Waals surface area contributed by atoms with Crippen molar-refractivity contribution >= 4 is 28.9 Å². The molecule has 3 heterocycles. The minimum absolute atomic E-state index is 0.193. The molecule has 1 N–H and O–H groups in total. The van der Waals surface area contributed by atoms with E-state index in [0.29, 0.717) is 37.3 Å². The number of aromatic nitrogens is 2. The van der Waals surface area contributed by atoms with Gasteiger partial charge in [-0.25, -0.2) is 9.59 Å². The molecular weight excluding hydrogens is 478 g/mol. The predicted molar refractivity (Wildman–Crippen MR) is 136 cm³/mol. The van der Waals surface area contributed by atoms with Gasteiger partial charge < -0.3 is 9.47 Å². The Balaban J connectivity index is 1.45. The highest BCUT2D eigenvalue weighted by molar-refractivity contribution is 6.00. The highest BCUT2D eigenvalue weighted by Gasteiger charge is 2.32. The second kappa shape index (κ2) is 10.4. The molecule has 3 amide bonds. The van der Waals surface area contributed by atoms with Crippen molar-refractivity contribution in [2.75, 3.05) is 33.3 Å². The first-order valence-corrected chi connectivity index (χ1v) is 12.3. The van der Waals surface area contributed by atoms with Crippen LogP contribution in [0.4, 0.5) is 4.79 Å². The molecule has 0 aliphatic carbocycles. The number of morpholine rings is 1. The Morgan fingerprint density at radius 3 is 2.70 bits per heavy atom. The largest absolute Gasteiger partial charge is 0.444 e. The first-order valence-electron chi connectivity index (χ1n) is 12.3. The molecule has 37 heavy (non-hydrogen) atoms. The fraction of sp³-hybridized carbons (Fsp3) is 0.538. The Morgan fingerprint density at radius 2 is 2.00 bits per heavy atom. The van der Waals surface area contributed by atoms with Gasteiger partial charge in [-0.2, -0.15) is 0 Å². The summed E-state index contributed by atoms with van der Waals surface area (Å²) in [6.45, 7) is 7.62. The van der Waals surface area contributed by atoms with Crippen molar-refractivity contribution in [1.82, 2.24) is 24.3 Å². The number of imidazole rings is 1. The number of piperidine rings is 1. The maximum atomic E-state index is 12.9. The predicted octanol–water partition coefficient (Wildman–Crippen LogP) is 1.19. The molecule has 2 saturated heterocycles. The molecule has 1 aromatic carbocycles. The topological polar surface area (TPSA) is 115 Å². The molecular formula is C26H33N5O6. The molecule has 0 radical (unpaired) electrons. The molecule has 2 fully saturated rings. The summed E-state index contributed by atoms with van der Waals surface area (Å²) in [7, 11) is 3.31. The first kappa shape index (κ1) is 26.4. The number of benzene rings is 1. The number of fused-ring (bicyclic) bond motifs is 1. The molecule has 11 nitrogen and oxygen atoms in total. The lowest BCUT2D eigenvalue weighted by Gasteiger charge is -2.37. The van der Waals surface area contributed by atoms with Crippen molar-refractivity contribution in [2.24, 2.45) is 7.05 Å². The Bertz CT molecular complexity index is 1340. The molecule has 2 aliphatic heterocycles. The molecule has 4 rings (SSSR count). The lowest BCUT2D eigenvalue weighted by molar-refractivity contribution is -0.135. The standard InChI is InChI=1S/C26H33N5O6/c1-26(2,3)37-25(35)29(5)22-16-30(13-14-36-22)12-6-7-17-8-9-18-20(15-17)28(4)24(34)31(18)19-10-11-21(32)27-23(19)33/h8-9,15,19,22H,10-14,16H2,1-5H3,(H,27,32,33)/t19?,22-/m1/s1. The quantitative estimate of drug-likeness (QED) is 0.486. The number of imide groups is 1. The van der Waals surface area contributed by atoms with Gasteiger partial charge in [-0.3, -0.25) is 33.8 Å². The van der Waals surface area contributed by atoms with Crippen molar-refractivity contribution in [2.45, 2.75) is 51.5 Å². The minimum Gasteiger partial charge on any atom is -0.444 e. The highest BCUT2D eigenvalue weighted by Crippen LogP contribution is 2.23. The van der Waals surface area contributed by atoms with E-state index < -0.39 is 29.9 Å². The van der Waals surface area contributed by atoms with E-state index in [4.69, 9.17) is 9.47 Å². The molecule has 2 atom stereocenters. The van der Waals surface area contributed by atoms with Gasteiger partial charge in [0.15, 0.2) is 0 Å². The summed E-state index contributed by atoms with van der Waals surface area (Å²) in [5.74, 6) is 5.53. The van der Waals surface area contributed by atoms with Crippen molar-refractivity contribution in [3.8, 4) is 11.8 Å². The molecule has 1 unspecified atom stereocenters. The zero-order chi connectivity index (χ0) is 26.9. The van der Waals surface area contributed by atoms with Crippen LogP contribution in [0.2, 0.25) is 0 Å². The van der Waals surface area contributed by atoms with Gasteiger partial charge in [0.1, 0.15) is 17.9 Å². The van der Waals surface area contributed by atoms with Gasteiger partial charge in [-0.1, -0.05) is 11.8 Å². The molecule has 0 saturated carbocycles. The molecule has 1 aromatic heterocycles. The van der Waals surface area contributed by atoms with Crippen LogP contribution in [0.1, 0.15) is 45.2 Å². The van der Waals surface area contributed by atoms with Crippen molar-refractivity contribution in [3.05, 3.63) is 34.2 Å². The van der Waals surface area contributed by atoms with Crippen LogP contribution in [-0.2, 0) is 26.1 Å². The van der Waals surface area contributed by atoms with Crippen LogP contribution in [-0.4, -0.2) is 82.0 Å². The van der Waals surface area contributed by atoms with Gasteiger partial charge in [-0.05, 0) is 45.4 Å². The number of rotatable bonds is 3. The number of aryl methyl sites for hydroxylation is 1. The van der Waals surface area contributed by atoms with Crippen LogP contribution >= 0.6 is 0 Å². The number of amides is 3. The summed E-state index contributed by atoms with van der Waals surface area (Å²) in [6.07, 6.45) is -0.384. The lowest BCUT2D eigenvalue weighted by atomic mass is 10.1. The van der Waals surface area contributed by atoms with E-state index in [1.54, 1.807) is 20.2 Å². The van der Waals surface area contributed by atoms with Gasteiger partial charge in [0, 0.05) is 39.2 Å². The number of carbonyl (C=O) groups is 3. The second-order valence-electron chi connectivity index (χ2n) is 10.3. The van der Waals surface area contributed by atoms with Crippen LogP contribution in [0.15, 0.2) is 23.0 Å². The maximum Gasteiger partial charge on any atom is 0.412 e. The number of nitrogens with zero attached hydrogens (tertiary/aromatic N) is 4. The van der Waals surface area contributed by atoms with E-state index in [2.05, 4.69) is 22.1 Å². The lowest BCUT2D eigenvalue weighted by Crippen LogP contribution is -2.52. The summed E-state index contributed by atoms with van der Waals surface area (Å²) in [5, 5.41) is 2.31. The Hall–Kier alpha value is -3.62. The SMILES string of the molecule is CN(C(=O)OC(C)(C)C)[C@H]1CN(CC#Cc2ccc3c(c2)n(C)c(=O)n3C2CCC(=O)NC2=O)CCO1. The van der Waals surface area contributed by atoms with Crippen molar-refractivity contribution in [3.63, 3.8) is 0 Å². The minimum atomic E-state index is -0.723. The van der Waals surface area contributed by atoms with Gasteiger partial charge in [-0.15, -0.1) is 0 Å². The molecule has 198 valence electrons. The zero-order valence-electron chi connectivity index (χ0n) is 21.9. The third kappa shape index (κ3) is 5.87. The highest BCUT2D eigenvalue weighted by atomic mass is 16.6. The third-order valence-corrected chi connectivity index (χ3v) is 6.39. The van der Waals surface area contributed by atoms with E-state index in [1.165, 1.54) is 14.0 Å². The smallest absolute Gasteiger partial charge is 0.412 e. The molecule has 2 aliphatic rings. The summed E-state index contributed by atoms with van der Waals surface area (Å²) in [5.41, 5.74) is 1.11. The van der Waals surface area contributed by atoms with E-state index >= 15 is 0 Å². The number of hydrogen-bond donors (Lipinski definition) is 1. The normalized spacial score (nSPS) is 20.8. The van der Waals surface area contributed by atoms with E-state index in [9.17, 15) is 19.2 Å². The number of carbonyl (C=O) groups excluding carboxylic acids is 3. The molecule has 0 bridgehead atoms. The van der Waals surface area contributed by atoms with Gasteiger partial charge in [0.2, 0.25) is 11.8 Å². The Kier molecular flexibility index (Phi) is 7.43. The number of hydrogen-bond acceptors (Lipinski definition) is 7. The monoisotopic (exact) mass is 511 g/mol. The summed E-state index contributed by atoms with van der Waals surface area (Å²) >= 11 is 0. The van der Waals surface area contributed by atoms with Crippen molar-refractivity contribution < 1.29 is 23.9 Å². The number of nitrogens with one attached hydrogen (secondary N) is 1. The fourth-order valence-electron chi connectivity index (χ4n) is 4.44. The summed E-state index contributed by atoms with van der Waals surface area (Å²) in [6, 6.07) is 4.70. The van der Waals surface area contributed by atoms with Gasteiger partial charge >= 0.3 is 11.8 Å². The molecule has 2 aromatic rings. The van der Waals surface area contributed by atoms with Crippen molar-refractivity contribution in [1.29, 1.82) is 0 Å². The fourth-order valence-corrected chi connectivity index (χ4v) is 4.44. The van der Waals surface area contributed by atoms with Crippen LogP contribution in [0.25, 0.3) is 11.0 Å². The zero-order valence-corrected chi connectivity index (χ0v) is 21.9. The Morgan fingerprint density at radius 1 is 1.24 bits per heavy atom. The second-order valence-corrected chi connectivity index (χ2v) is 10.3. The third-order valence-electron chi connectivity index (χ3n) is 6.39. The average molecular weight is 512 g/mol. The number of likely N-dealkylation sites (N-methyl/N-ethyl adjacent to an activating group) is 1. The van der Waals surface area contributed by atoms with E-state index in [0.717, 1.165) is 5.56 Å². The van der Waals surface area contributed by atoms with Gasteiger partial charge in [0.05, 0.1) is 24.2 Å². The Labute approximate surface area is 215 Å². The maximum absolute atomic E-state index is 12.9. The van der Waals surface area contributed by atoms with E-state index in [1.807, 2.05) is 32.9 Å². The van der Waals surface area contributed by atoms with Crippen LogP contribution < -0.4 is 11.0 Å². The molecule has 11 heteroatoms. The summed E-state index contributed by atoms with van der Waals surface area (Å²) < 4.78 is 14.1. The summed E-state index contributed by atoms with van der Waals surface area (Å²) in [4.78, 5) is 52.8. The first-order chi connectivity index (χ1) is 17.4.